The van der Waals surface area contributed by atoms with Gasteiger partial charge in [-0.1, -0.05) is 36.7 Å². The average Bonchev–Trinajstić information content (AvgIpc) is 3.17. The third-order valence-corrected chi connectivity index (χ3v) is 14.6. The summed E-state index contributed by atoms with van der Waals surface area (Å²) in [4.78, 5) is 16.0. The summed E-state index contributed by atoms with van der Waals surface area (Å²) in [7, 11) is -4.97. The van der Waals surface area contributed by atoms with E-state index in [0.717, 1.165) is 49.1 Å². The number of nitrogens with one attached hydrogen (secondary N) is 1. The molecule has 1 saturated carbocycles. The van der Waals surface area contributed by atoms with Crippen LogP contribution < -0.4 is 14.4 Å². The smallest absolute Gasteiger partial charge is 0.264 e. The van der Waals surface area contributed by atoms with E-state index in [2.05, 4.69) is 33.7 Å². The van der Waals surface area contributed by atoms with Gasteiger partial charge in [0, 0.05) is 47.9 Å². The standard InChI is InChI=1S/C37H49ClN2O7S2/c1-25-8-6-17-37(45-3,18-19-47-49(5,43)44)32-13-10-29(32)22-40-23-36(16-7-9-27-20-30(38)12-14-31(27)36)24-46-34-15-11-28(21-33(34)40)35(41)39-48(4,42)26(25)2/h6,11-12,14-15,17,20-21,25-26,29,32H,4,7-10,13,16,18-19,22-24H2,1-3,5H3,(H,39,41,42)/b17-6+/t25-,26+,29-,32+,36-,37-,48?/m0/s1. The summed E-state index contributed by atoms with van der Waals surface area (Å²) in [6.45, 7) is 5.69. The number of nitrogens with zero attached hydrogens (tertiary/aromatic N) is 1. The van der Waals surface area contributed by atoms with Crippen LogP contribution >= 0.6 is 11.6 Å². The van der Waals surface area contributed by atoms with Crippen molar-refractivity contribution in [2.45, 2.75) is 75.1 Å². The Morgan fingerprint density at radius 3 is 2.69 bits per heavy atom. The summed E-state index contributed by atoms with van der Waals surface area (Å²) in [5.41, 5.74) is 2.64. The van der Waals surface area contributed by atoms with Crippen LogP contribution in [0.4, 0.5) is 5.69 Å². The lowest BCUT2D eigenvalue weighted by atomic mass is 9.63. The molecular weight excluding hydrogens is 684 g/mol. The lowest BCUT2D eigenvalue weighted by Gasteiger charge is -2.50. The monoisotopic (exact) mass is 732 g/mol. The lowest BCUT2D eigenvalue weighted by molar-refractivity contribution is -0.0847. The van der Waals surface area contributed by atoms with Crippen LogP contribution in [0.3, 0.4) is 0 Å². The van der Waals surface area contributed by atoms with Crippen LogP contribution in [-0.4, -0.2) is 74.9 Å². The van der Waals surface area contributed by atoms with Crippen molar-refractivity contribution in [1.82, 2.24) is 4.72 Å². The Bertz CT molecular complexity index is 1830. The van der Waals surface area contributed by atoms with E-state index in [9.17, 15) is 17.4 Å². The normalized spacial score (nSPS) is 34.1. The number of amides is 1. The molecule has 1 spiro atoms. The molecule has 1 fully saturated rings. The van der Waals surface area contributed by atoms with Gasteiger partial charge in [-0.3, -0.25) is 13.7 Å². The first kappa shape index (κ1) is 36.2. The first-order valence-electron chi connectivity index (χ1n) is 17.2. The summed E-state index contributed by atoms with van der Waals surface area (Å²) < 4.78 is 58.8. The van der Waals surface area contributed by atoms with Crippen molar-refractivity contribution in [2.75, 3.05) is 44.6 Å². The minimum absolute atomic E-state index is 0.00285. The molecule has 12 heteroatoms. The zero-order chi connectivity index (χ0) is 35.2. The van der Waals surface area contributed by atoms with Crippen molar-refractivity contribution in [2.24, 2.45) is 17.8 Å². The summed E-state index contributed by atoms with van der Waals surface area (Å²) >= 11 is 6.45. The molecule has 2 aliphatic heterocycles. The SMILES string of the molecule is C=S1(=O)NC(=O)c2ccc3c(c2)N(C[C@@H]2CC[C@H]2[C@](CCOS(C)(=O)=O)(OC)/C=C/C[C@H](C)[C@H]1C)C[C@@]1(CCCc2cc(Cl)ccc21)CO3. The molecule has 1 unspecified atom stereocenters. The zero-order valence-corrected chi connectivity index (χ0v) is 31.3. The van der Waals surface area contributed by atoms with Crippen molar-refractivity contribution >= 4 is 48.9 Å². The number of fused-ring (bicyclic) bond motifs is 4. The van der Waals surface area contributed by atoms with Gasteiger partial charge in [0.2, 0.25) is 0 Å². The Hall–Kier alpha value is -2.57. The van der Waals surface area contributed by atoms with E-state index in [-0.39, 0.29) is 29.8 Å². The molecule has 268 valence electrons. The Balaban J connectivity index is 1.45. The number of carbonyl (C=O) groups excluding carboxylic acids is 1. The number of anilines is 1. The van der Waals surface area contributed by atoms with Crippen molar-refractivity contribution in [3.05, 3.63) is 70.3 Å². The predicted molar refractivity (Wildman–Crippen MR) is 197 cm³/mol. The maximum absolute atomic E-state index is 13.9. The van der Waals surface area contributed by atoms with E-state index in [1.807, 2.05) is 38.1 Å². The van der Waals surface area contributed by atoms with Gasteiger partial charge in [-0.15, -0.1) is 0 Å². The molecule has 9 nitrogen and oxygen atoms in total. The third-order valence-electron chi connectivity index (χ3n) is 11.5. The molecule has 0 radical (unpaired) electrons. The number of hydrogen-bond acceptors (Lipinski definition) is 8. The number of ether oxygens (including phenoxy) is 2. The molecule has 49 heavy (non-hydrogen) atoms. The number of allylic oxidation sites excluding steroid dienone is 1. The average molecular weight is 733 g/mol. The molecule has 7 atom stereocenters. The van der Waals surface area contributed by atoms with Crippen LogP contribution in [0, 0.1) is 17.8 Å². The first-order valence-corrected chi connectivity index (χ1v) is 21.2. The predicted octanol–water partition coefficient (Wildman–Crippen LogP) is 5.94. The van der Waals surface area contributed by atoms with Crippen molar-refractivity contribution in [1.29, 1.82) is 0 Å². The second-order valence-electron chi connectivity index (χ2n) is 14.6. The molecule has 0 saturated heterocycles. The highest BCUT2D eigenvalue weighted by molar-refractivity contribution is 7.99. The van der Waals surface area contributed by atoms with Crippen LogP contribution in [0.25, 0.3) is 0 Å². The molecule has 4 aliphatic rings. The van der Waals surface area contributed by atoms with Gasteiger partial charge in [0.15, 0.2) is 0 Å². The molecule has 1 N–H and O–H groups in total. The minimum Gasteiger partial charge on any atom is -0.490 e. The lowest BCUT2D eigenvalue weighted by Crippen LogP contribution is -2.53. The van der Waals surface area contributed by atoms with Gasteiger partial charge in [0.05, 0.1) is 40.5 Å². The maximum atomic E-state index is 13.9. The van der Waals surface area contributed by atoms with Gasteiger partial charge in [-0.25, -0.2) is 4.21 Å². The minimum atomic E-state index is -3.63. The highest BCUT2D eigenvalue weighted by atomic mass is 35.5. The molecule has 2 aromatic rings. The summed E-state index contributed by atoms with van der Waals surface area (Å²) in [5, 5.41) is 0.303. The summed E-state index contributed by atoms with van der Waals surface area (Å²) in [6.07, 6.45) is 10.9. The zero-order valence-electron chi connectivity index (χ0n) is 28.9. The fraction of sp³-hybridized carbons (Fsp3) is 0.568. The third kappa shape index (κ3) is 7.42. The molecule has 2 heterocycles. The summed E-state index contributed by atoms with van der Waals surface area (Å²) in [6, 6.07) is 11.6. The van der Waals surface area contributed by atoms with Gasteiger partial charge >= 0.3 is 0 Å². The highest BCUT2D eigenvalue weighted by Gasteiger charge is 2.49. The van der Waals surface area contributed by atoms with Crippen LogP contribution in [0.1, 0.15) is 73.9 Å². The van der Waals surface area contributed by atoms with Gasteiger partial charge in [-0.05, 0) is 111 Å². The maximum Gasteiger partial charge on any atom is 0.264 e. The quantitative estimate of drug-likeness (QED) is 0.229. The molecule has 6 rings (SSSR count). The van der Waals surface area contributed by atoms with E-state index in [4.69, 9.17) is 25.3 Å². The van der Waals surface area contributed by atoms with Gasteiger partial charge < -0.3 is 14.4 Å². The van der Waals surface area contributed by atoms with Gasteiger partial charge in [0.1, 0.15) is 5.75 Å². The molecule has 2 aromatic carbocycles. The Morgan fingerprint density at radius 2 is 1.98 bits per heavy atom. The number of aryl methyl sites for hydroxylation is 1. The molecule has 2 bridgehead atoms. The second-order valence-corrected chi connectivity index (χ2v) is 19.1. The molecule has 2 aliphatic carbocycles. The highest BCUT2D eigenvalue weighted by Crippen LogP contribution is 2.50. The van der Waals surface area contributed by atoms with E-state index < -0.39 is 36.6 Å². The molecule has 0 aromatic heterocycles. The summed E-state index contributed by atoms with van der Waals surface area (Å²) in [5.74, 6) is 4.47. The number of benzene rings is 2. The van der Waals surface area contributed by atoms with Crippen molar-refractivity contribution in [3.63, 3.8) is 0 Å². The number of methoxy groups -OCH3 is 1. The van der Waals surface area contributed by atoms with Crippen LogP contribution in [0.2, 0.25) is 5.02 Å². The molecular formula is C37H49ClN2O7S2. The number of rotatable bonds is 5. The van der Waals surface area contributed by atoms with E-state index in [1.165, 1.54) is 11.1 Å². The first-order chi connectivity index (χ1) is 23.2. The van der Waals surface area contributed by atoms with E-state index in [0.29, 0.717) is 43.9 Å². The largest absolute Gasteiger partial charge is 0.490 e. The number of halogens is 1. The van der Waals surface area contributed by atoms with Gasteiger partial charge in [-0.2, -0.15) is 8.42 Å². The van der Waals surface area contributed by atoms with Crippen molar-refractivity contribution < 1.29 is 31.1 Å². The number of carbonyl (C=O) groups is 1. The second kappa shape index (κ2) is 13.9. The Labute approximate surface area is 297 Å². The fourth-order valence-electron chi connectivity index (χ4n) is 8.39. The van der Waals surface area contributed by atoms with E-state index in [1.54, 1.807) is 13.2 Å². The number of hydrogen-bond donors (Lipinski definition) is 1. The van der Waals surface area contributed by atoms with Gasteiger partial charge in [0.25, 0.3) is 16.0 Å². The molecule has 1 amide bonds. The van der Waals surface area contributed by atoms with Crippen LogP contribution in [0.5, 0.6) is 5.75 Å². The Morgan fingerprint density at radius 1 is 1.18 bits per heavy atom. The van der Waals surface area contributed by atoms with Crippen LogP contribution in [0.15, 0.2) is 48.6 Å². The Kier molecular flexibility index (Phi) is 10.2. The fourth-order valence-corrected chi connectivity index (χ4v) is 10.5. The van der Waals surface area contributed by atoms with Crippen LogP contribution in [-0.2, 0) is 40.6 Å². The topological polar surface area (TPSA) is 111 Å². The van der Waals surface area contributed by atoms with E-state index >= 15 is 0 Å². The van der Waals surface area contributed by atoms with Crippen molar-refractivity contribution in [3.8, 4) is 5.75 Å².